The zero-order valence-electron chi connectivity index (χ0n) is 9.71. The molecule has 2 aliphatic rings. The Hall–Kier alpha value is -1.12. The fourth-order valence-electron chi connectivity index (χ4n) is 3.01. The molecule has 0 unspecified atom stereocenters. The fourth-order valence-corrected chi connectivity index (χ4v) is 3.01. The van der Waals surface area contributed by atoms with Gasteiger partial charge in [0, 0.05) is 17.2 Å². The standard InChI is InChI=1S/C13H19N3/c14-12-10-7-3-4-8-11(10)15-13(16-12)9-5-1-2-6-9/h9H,1-8H2,(H2,14,15,16). The molecule has 0 aliphatic heterocycles. The summed E-state index contributed by atoms with van der Waals surface area (Å²) in [5.41, 5.74) is 8.53. The van der Waals surface area contributed by atoms with Crippen molar-refractivity contribution in [1.29, 1.82) is 0 Å². The van der Waals surface area contributed by atoms with Crippen LogP contribution in [0.5, 0.6) is 0 Å². The second kappa shape index (κ2) is 4.04. The molecule has 1 aromatic heterocycles. The molecular formula is C13H19N3. The summed E-state index contributed by atoms with van der Waals surface area (Å²) in [6, 6.07) is 0. The Morgan fingerprint density at radius 2 is 1.69 bits per heavy atom. The third kappa shape index (κ3) is 1.68. The summed E-state index contributed by atoms with van der Waals surface area (Å²) in [7, 11) is 0. The number of rotatable bonds is 1. The van der Waals surface area contributed by atoms with Crippen molar-refractivity contribution in [3.05, 3.63) is 17.1 Å². The highest BCUT2D eigenvalue weighted by atomic mass is 15.0. The van der Waals surface area contributed by atoms with Gasteiger partial charge in [0.05, 0.1) is 0 Å². The molecule has 0 aromatic carbocycles. The number of hydrogen-bond donors (Lipinski definition) is 1. The van der Waals surface area contributed by atoms with Crippen molar-refractivity contribution in [3.8, 4) is 0 Å². The van der Waals surface area contributed by atoms with Crippen LogP contribution in [0.25, 0.3) is 0 Å². The third-order valence-electron chi connectivity index (χ3n) is 3.95. The lowest BCUT2D eigenvalue weighted by atomic mass is 9.96. The minimum Gasteiger partial charge on any atom is -0.383 e. The Labute approximate surface area is 96.5 Å². The van der Waals surface area contributed by atoms with Crippen molar-refractivity contribution in [2.24, 2.45) is 0 Å². The summed E-state index contributed by atoms with van der Waals surface area (Å²) in [5.74, 6) is 2.36. The summed E-state index contributed by atoms with van der Waals surface area (Å²) in [6.45, 7) is 0. The molecule has 3 nitrogen and oxygen atoms in total. The maximum absolute atomic E-state index is 6.06. The Morgan fingerprint density at radius 1 is 0.938 bits per heavy atom. The molecule has 0 amide bonds. The molecular weight excluding hydrogens is 198 g/mol. The molecule has 86 valence electrons. The molecule has 0 radical (unpaired) electrons. The number of fused-ring (bicyclic) bond motifs is 1. The molecule has 1 fully saturated rings. The van der Waals surface area contributed by atoms with Crippen molar-refractivity contribution >= 4 is 5.82 Å². The van der Waals surface area contributed by atoms with Crippen LogP contribution in [-0.4, -0.2) is 9.97 Å². The number of nitrogens with zero attached hydrogens (tertiary/aromatic N) is 2. The molecule has 0 spiro atoms. The van der Waals surface area contributed by atoms with E-state index in [0.717, 1.165) is 24.5 Å². The van der Waals surface area contributed by atoms with Crippen LogP contribution in [0, 0.1) is 0 Å². The Balaban J connectivity index is 1.97. The molecule has 2 N–H and O–H groups in total. The Bertz CT molecular complexity index is 394. The predicted molar refractivity (Wildman–Crippen MR) is 64.3 cm³/mol. The van der Waals surface area contributed by atoms with Crippen LogP contribution in [0.15, 0.2) is 0 Å². The van der Waals surface area contributed by atoms with Gasteiger partial charge in [0.15, 0.2) is 0 Å². The predicted octanol–water partition coefficient (Wildman–Crippen LogP) is 2.60. The summed E-state index contributed by atoms with van der Waals surface area (Å²) >= 11 is 0. The normalized spacial score (nSPS) is 21.0. The number of anilines is 1. The van der Waals surface area contributed by atoms with Gasteiger partial charge in [-0.05, 0) is 38.5 Å². The quantitative estimate of drug-likeness (QED) is 0.786. The topological polar surface area (TPSA) is 51.8 Å². The highest BCUT2D eigenvalue weighted by Gasteiger charge is 2.23. The number of aromatic nitrogens is 2. The van der Waals surface area contributed by atoms with Crippen LogP contribution >= 0.6 is 0 Å². The van der Waals surface area contributed by atoms with Gasteiger partial charge in [0.25, 0.3) is 0 Å². The van der Waals surface area contributed by atoms with E-state index < -0.39 is 0 Å². The molecule has 16 heavy (non-hydrogen) atoms. The van der Waals surface area contributed by atoms with Gasteiger partial charge in [-0.25, -0.2) is 9.97 Å². The zero-order valence-corrected chi connectivity index (χ0v) is 9.71. The van der Waals surface area contributed by atoms with E-state index in [0.29, 0.717) is 5.92 Å². The first-order valence-electron chi connectivity index (χ1n) is 6.50. The lowest BCUT2D eigenvalue weighted by Crippen LogP contribution is -2.14. The van der Waals surface area contributed by atoms with E-state index >= 15 is 0 Å². The van der Waals surface area contributed by atoms with Gasteiger partial charge in [0.2, 0.25) is 0 Å². The summed E-state index contributed by atoms with van der Waals surface area (Å²) < 4.78 is 0. The number of aryl methyl sites for hydroxylation is 1. The van der Waals surface area contributed by atoms with Gasteiger partial charge in [-0.2, -0.15) is 0 Å². The molecule has 1 aromatic rings. The van der Waals surface area contributed by atoms with Crippen molar-refractivity contribution in [3.63, 3.8) is 0 Å². The first-order valence-corrected chi connectivity index (χ1v) is 6.50. The molecule has 0 saturated heterocycles. The second-order valence-electron chi connectivity index (χ2n) is 5.08. The van der Waals surface area contributed by atoms with Crippen LogP contribution < -0.4 is 5.73 Å². The van der Waals surface area contributed by atoms with Crippen molar-refractivity contribution in [2.75, 3.05) is 5.73 Å². The Morgan fingerprint density at radius 3 is 2.50 bits per heavy atom. The van der Waals surface area contributed by atoms with Crippen molar-refractivity contribution < 1.29 is 0 Å². The van der Waals surface area contributed by atoms with Crippen LogP contribution in [0.1, 0.15) is 61.5 Å². The highest BCUT2D eigenvalue weighted by molar-refractivity contribution is 5.43. The molecule has 3 heteroatoms. The summed E-state index contributed by atoms with van der Waals surface area (Å²) in [4.78, 5) is 9.30. The van der Waals surface area contributed by atoms with E-state index in [-0.39, 0.29) is 0 Å². The highest BCUT2D eigenvalue weighted by Crippen LogP contribution is 2.34. The summed E-state index contributed by atoms with van der Waals surface area (Å²) in [6.07, 6.45) is 9.82. The minimum absolute atomic E-state index is 0.578. The average molecular weight is 217 g/mol. The van der Waals surface area contributed by atoms with Gasteiger partial charge in [0.1, 0.15) is 11.6 Å². The maximum atomic E-state index is 6.06. The third-order valence-corrected chi connectivity index (χ3v) is 3.95. The number of nitrogens with two attached hydrogens (primary N) is 1. The maximum Gasteiger partial charge on any atom is 0.134 e. The zero-order chi connectivity index (χ0) is 11.0. The number of nitrogen functional groups attached to an aromatic ring is 1. The van der Waals surface area contributed by atoms with E-state index in [2.05, 4.69) is 4.98 Å². The van der Waals surface area contributed by atoms with Gasteiger partial charge < -0.3 is 5.73 Å². The molecule has 2 aliphatic carbocycles. The summed E-state index contributed by atoms with van der Waals surface area (Å²) in [5, 5.41) is 0. The smallest absolute Gasteiger partial charge is 0.134 e. The Kier molecular flexibility index (Phi) is 2.54. The van der Waals surface area contributed by atoms with Crippen LogP contribution in [-0.2, 0) is 12.8 Å². The fraction of sp³-hybridized carbons (Fsp3) is 0.692. The van der Waals surface area contributed by atoms with E-state index in [1.54, 1.807) is 0 Å². The molecule has 0 atom stereocenters. The van der Waals surface area contributed by atoms with E-state index in [9.17, 15) is 0 Å². The van der Waals surface area contributed by atoms with Crippen LogP contribution in [0.2, 0.25) is 0 Å². The molecule has 1 heterocycles. The van der Waals surface area contributed by atoms with Gasteiger partial charge in [-0.3, -0.25) is 0 Å². The molecule has 0 bridgehead atoms. The molecule has 3 rings (SSSR count). The SMILES string of the molecule is Nc1nc(C2CCCC2)nc2c1CCCC2. The lowest BCUT2D eigenvalue weighted by Gasteiger charge is -2.18. The van der Waals surface area contributed by atoms with Gasteiger partial charge in [-0.1, -0.05) is 12.8 Å². The van der Waals surface area contributed by atoms with E-state index in [4.69, 9.17) is 10.7 Å². The van der Waals surface area contributed by atoms with Crippen molar-refractivity contribution in [2.45, 2.75) is 57.3 Å². The van der Waals surface area contributed by atoms with E-state index in [1.807, 2.05) is 0 Å². The lowest BCUT2D eigenvalue weighted by molar-refractivity contribution is 0.622. The minimum atomic E-state index is 0.578. The second-order valence-corrected chi connectivity index (χ2v) is 5.08. The van der Waals surface area contributed by atoms with Crippen LogP contribution in [0.4, 0.5) is 5.82 Å². The van der Waals surface area contributed by atoms with Gasteiger partial charge >= 0.3 is 0 Å². The van der Waals surface area contributed by atoms with Gasteiger partial charge in [-0.15, -0.1) is 0 Å². The largest absolute Gasteiger partial charge is 0.383 e. The van der Waals surface area contributed by atoms with Crippen LogP contribution in [0.3, 0.4) is 0 Å². The molecule has 1 saturated carbocycles. The van der Waals surface area contributed by atoms with E-state index in [1.165, 1.54) is 49.8 Å². The average Bonchev–Trinajstić information content (AvgIpc) is 2.82. The number of hydrogen-bond acceptors (Lipinski definition) is 3. The van der Waals surface area contributed by atoms with Crippen molar-refractivity contribution in [1.82, 2.24) is 9.97 Å². The first-order chi connectivity index (χ1) is 7.84. The monoisotopic (exact) mass is 217 g/mol. The first kappa shape index (κ1) is 10.1.